The van der Waals surface area contributed by atoms with Crippen LogP contribution in [0.15, 0.2) is 0 Å². The van der Waals surface area contributed by atoms with Crippen LogP contribution in [0.25, 0.3) is 0 Å². The van der Waals surface area contributed by atoms with E-state index in [1.54, 1.807) is 0 Å². The quantitative estimate of drug-likeness (QED) is 0.770. The van der Waals surface area contributed by atoms with Crippen LogP contribution in [0.3, 0.4) is 0 Å². The van der Waals surface area contributed by atoms with E-state index in [1.165, 1.54) is 0 Å². The van der Waals surface area contributed by atoms with Crippen LogP contribution in [0.1, 0.15) is 74.7 Å². The van der Waals surface area contributed by atoms with E-state index in [9.17, 15) is 4.79 Å². The van der Waals surface area contributed by atoms with E-state index in [1.807, 2.05) is 13.8 Å². The zero-order valence-corrected chi connectivity index (χ0v) is 13.0. The molecule has 2 nitrogen and oxygen atoms in total. The number of nitrogens with one attached hydrogen (secondary N) is 1. The summed E-state index contributed by atoms with van der Waals surface area (Å²) in [5, 5.41) is 3.20. The van der Waals surface area contributed by atoms with Gasteiger partial charge in [0.2, 0.25) is 5.91 Å². The Hall–Kier alpha value is -0.530. The van der Waals surface area contributed by atoms with Gasteiger partial charge >= 0.3 is 0 Å². The lowest BCUT2D eigenvalue weighted by atomic mass is 9.80. The van der Waals surface area contributed by atoms with Crippen LogP contribution in [0.5, 0.6) is 0 Å². The molecule has 0 aromatic heterocycles. The van der Waals surface area contributed by atoms with Crippen LogP contribution in [0.4, 0.5) is 0 Å². The summed E-state index contributed by atoms with van der Waals surface area (Å²) in [6, 6.07) is 0. The smallest absolute Gasteiger partial charge is 0.226 e. The Balaban J connectivity index is 4.57. The average molecular weight is 241 g/mol. The van der Waals surface area contributed by atoms with Gasteiger partial charge < -0.3 is 5.32 Å². The number of carbonyl (C=O) groups is 1. The van der Waals surface area contributed by atoms with E-state index in [4.69, 9.17) is 0 Å². The summed E-state index contributed by atoms with van der Waals surface area (Å²) in [6.07, 6.45) is 2.96. The van der Waals surface area contributed by atoms with E-state index in [-0.39, 0.29) is 22.3 Å². The molecule has 0 heterocycles. The molecule has 102 valence electrons. The van der Waals surface area contributed by atoms with Crippen LogP contribution < -0.4 is 5.32 Å². The van der Waals surface area contributed by atoms with Crippen molar-refractivity contribution in [2.24, 2.45) is 10.8 Å². The molecule has 0 aliphatic carbocycles. The second kappa shape index (κ2) is 5.41. The number of hydrogen-bond donors (Lipinski definition) is 1. The van der Waals surface area contributed by atoms with Gasteiger partial charge in [0.05, 0.1) is 0 Å². The lowest BCUT2D eigenvalue weighted by molar-refractivity contribution is -0.131. The van der Waals surface area contributed by atoms with Crippen molar-refractivity contribution in [2.75, 3.05) is 0 Å². The van der Waals surface area contributed by atoms with Crippen LogP contribution in [0.2, 0.25) is 0 Å². The summed E-state index contributed by atoms with van der Waals surface area (Å²) in [5.41, 5.74) is -0.171. The van der Waals surface area contributed by atoms with Crippen molar-refractivity contribution in [1.29, 1.82) is 0 Å². The predicted molar refractivity (Wildman–Crippen MR) is 75.0 cm³/mol. The third-order valence-corrected chi connectivity index (χ3v) is 2.91. The molecule has 0 saturated heterocycles. The highest BCUT2D eigenvalue weighted by atomic mass is 16.2. The second-order valence-electron chi connectivity index (χ2n) is 7.71. The third kappa shape index (κ3) is 6.70. The molecule has 0 fully saturated rings. The highest BCUT2D eigenvalue weighted by Crippen LogP contribution is 2.29. The zero-order chi connectivity index (χ0) is 13.9. The molecule has 1 amide bonds. The first-order chi connectivity index (χ1) is 7.40. The SMILES string of the molecule is CCCC(C)(C)C(=O)NC(C)(C)CC(C)(C)C. The van der Waals surface area contributed by atoms with Gasteiger partial charge in [0.1, 0.15) is 0 Å². The molecule has 0 bridgehead atoms. The van der Waals surface area contributed by atoms with Gasteiger partial charge in [-0.2, -0.15) is 0 Å². The fourth-order valence-corrected chi connectivity index (χ4v) is 2.59. The van der Waals surface area contributed by atoms with Gasteiger partial charge in [0.25, 0.3) is 0 Å². The van der Waals surface area contributed by atoms with Crippen molar-refractivity contribution in [3.05, 3.63) is 0 Å². The lowest BCUT2D eigenvalue weighted by Crippen LogP contribution is -2.50. The van der Waals surface area contributed by atoms with Crippen molar-refractivity contribution < 1.29 is 4.79 Å². The minimum atomic E-state index is -0.260. The first-order valence-corrected chi connectivity index (χ1v) is 6.72. The topological polar surface area (TPSA) is 29.1 Å². The fourth-order valence-electron chi connectivity index (χ4n) is 2.59. The highest BCUT2D eigenvalue weighted by Gasteiger charge is 2.33. The minimum absolute atomic E-state index is 0.139. The summed E-state index contributed by atoms with van der Waals surface area (Å²) < 4.78 is 0. The van der Waals surface area contributed by atoms with Crippen molar-refractivity contribution in [3.8, 4) is 0 Å². The van der Waals surface area contributed by atoms with Gasteiger partial charge in [-0.05, 0) is 32.1 Å². The summed E-state index contributed by atoms with van der Waals surface area (Å²) in [6.45, 7) is 17.0. The average Bonchev–Trinajstić information content (AvgIpc) is 1.97. The van der Waals surface area contributed by atoms with Crippen molar-refractivity contribution in [2.45, 2.75) is 80.2 Å². The molecule has 0 rings (SSSR count). The first-order valence-electron chi connectivity index (χ1n) is 6.72. The number of amides is 1. The van der Waals surface area contributed by atoms with Crippen LogP contribution >= 0.6 is 0 Å². The molecule has 1 N–H and O–H groups in total. The van der Waals surface area contributed by atoms with E-state index in [0.717, 1.165) is 19.3 Å². The monoisotopic (exact) mass is 241 g/mol. The first kappa shape index (κ1) is 16.5. The number of hydrogen-bond acceptors (Lipinski definition) is 1. The number of carbonyl (C=O) groups excluding carboxylic acids is 1. The predicted octanol–water partition coefficient (Wildman–Crippen LogP) is 4.14. The maximum Gasteiger partial charge on any atom is 0.226 e. The summed E-state index contributed by atoms with van der Waals surface area (Å²) in [4.78, 5) is 12.2. The van der Waals surface area contributed by atoms with Crippen molar-refractivity contribution in [1.82, 2.24) is 5.32 Å². The number of rotatable bonds is 5. The second-order valence-corrected chi connectivity index (χ2v) is 7.71. The van der Waals surface area contributed by atoms with Gasteiger partial charge in [0, 0.05) is 11.0 Å². The molecule has 0 saturated carbocycles. The third-order valence-electron chi connectivity index (χ3n) is 2.91. The summed E-state index contributed by atoms with van der Waals surface area (Å²) >= 11 is 0. The molecule has 2 heteroatoms. The fraction of sp³-hybridized carbons (Fsp3) is 0.933. The van der Waals surface area contributed by atoms with Crippen LogP contribution in [-0.2, 0) is 4.79 Å². The Morgan fingerprint density at radius 3 is 1.82 bits per heavy atom. The van der Waals surface area contributed by atoms with E-state index >= 15 is 0 Å². The van der Waals surface area contributed by atoms with Gasteiger partial charge in [-0.1, -0.05) is 48.0 Å². The standard InChI is InChI=1S/C15H31NO/c1-9-10-14(5,6)12(17)16-15(7,8)11-13(2,3)4/h9-11H2,1-8H3,(H,16,17). The van der Waals surface area contributed by atoms with Crippen molar-refractivity contribution >= 4 is 5.91 Å². The molecule has 0 spiro atoms. The molecular formula is C15H31NO. The Morgan fingerprint density at radius 1 is 1.00 bits per heavy atom. The minimum Gasteiger partial charge on any atom is -0.351 e. The molecule has 17 heavy (non-hydrogen) atoms. The largest absolute Gasteiger partial charge is 0.351 e. The molecule has 0 unspecified atom stereocenters. The van der Waals surface area contributed by atoms with Gasteiger partial charge in [-0.15, -0.1) is 0 Å². The molecule has 0 radical (unpaired) electrons. The lowest BCUT2D eigenvalue weighted by Gasteiger charge is -2.36. The highest BCUT2D eigenvalue weighted by molar-refractivity contribution is 5.82. The summed E-state index contributed by atoms with van der Waals surface area (Å²) in [7, 11) is 0. The van der Waals surface area contributed by atoms with E-state index < -0.39 is 0 Å². The molecule has 0 aromatic rings. The molecule has 0 aliphatic heterocycles. The Bertz CT molecular complexity index is 259. The van der Waals surface area contributed by atoms with Crippen LogP contribution in [-0.4, -0.2) is 11.4 Å². The molecule has 0 aromatic carbocycles. The molecule has 0 aliphatic rings. The van der Waals surface area contributed by atoms with Gasteiger partial charge in [-0.25, -0.2) is 0 Å². The Morgan fingerprint density at radius 2 is 1.47 bits per heavy atom. The van der Waals surface area contributed by atoms with Gasteiger partial charge in [0.15, 0.2) is 0 Å². The van der Waals surface area contributed by atoms with E-state index in [2.05, 4.69) is 46.9 Å². The Kier molecular flexibility index (Phi) is 5.24. The van der Waals surface area contributed by atoms with Crippen molar-refractivity contribution in [3.63, 3.8) is 0 Å². The van der Waals surface area contributed by atoms with Crippen LogP contribution in [0, 0.1) is 10.8 Å². The normalized spacial score (nSPS) is 13.6. The summed E-state index contributed by atoms with van der Waals surface area (Å²) in [5.74, 6) is 0.175. The maximum absolute atomic E-state index is 12.2. The van der Waals surface area contributed by atoms with Gasteiger partial charge in [-0.3, -0.25) is 4.79 Å². The molecular weight excluding hydrogens is 210 g/mol. The van der Waals surface area contributed by atoms with E-state index in [0.29, 0.717) is 0 Å². The zero-order valence-electron chi connectivity index (χ0n) is 13.0. The Labute approximate surface area is 108 Å². The maximum atomic E-state index is 12.2. The molecule has 0 atom stereocenters.